The Morgan fingerprint density at radius 2 is 2.45 bits per heavy atom. The van der Waals surface area contributed by atoms with Gasteiger partial charge in [0.05, 0.1) is 18.2 Å². The molecule has 2 atom stereocenters. The van der Waals surface area contributed by atoms with Gasteiger partial charge >= 0.3 is 0 Å². The van der Waals surface area contributed by atoms with Crippen molar-refractivity contribution in [3.8, 4) is 11.5 Å². The Balaban J connectivity index is 1.71. The number of hydrogen-bond donors (Lipinski definition) is 1. The highest BCUT2D eigenvalue weighted by molar-refractivity contribution is 7.08. The SMILES string of the molecule is CC(O)C1CCCCN1Cc1noc(-c2ccsc2)n1. The molecule has 1 N–H and O–H groups in total. The van der Waals surface area contributed by atoms with E-state index in [0.29, 0.717) is 18.3 Å². The number of hydrogen-bond acceptors (Lipinski definition) is 6. The molecule has 3 rings (SSSR count). The molecule has 0 aromatic carbocycles. The molecule has 0 saturated carbocycles. The molecule has 1 aliphatic heterocycles. The molecule has 3 heterocycles. The highest BCUT2D eigenvalue weighted by atomic mass is 32.1. The van der Waals surface area contributed by atoms with E-state index in [0.717, 1.165) is 18.5 Å². The van der Waals surface area contributed by atoms with Crippen molar-refractivity contribution in [2.24, 2.45) is 0 Å². The van der Waals surface area contributed by atoms with Crippen LogP contribution in [0.1, 0.15) is 32.0 Å². The summed E-state index contributed by atoms with van der Waals surface area (Å²) in [7, 11) is 0. The van der Waals surface area contributed by atoms with Gasteiger partial charge in [-0.1, -0.05) is 11.6 Å². The lowest BCUT2D eigenvalue weighted by Gasteiger charge is -2.36. The summed E-state index contributed by atoms with van der Waals surface area (Å²) in [5, 5.41) is 17.9. The second kappa shape index (κ2) is 6.03. The summed E-state index contributed by atoms with van der Waals surface area (Å²) in [6.07, 6.45) is 3.06. The van der Waals surface area contributed by atoms with E-state index in [1.165, 1.54) is 12.8 Å². The van der Waals surface area contributed by atoms with E-state index in [9.17, 15) is 5.11 Å². The minimum atomic E-state index is -0.321. The Morgan fingerprint density at radius 3 is 3.20 bits per heavy atom. The lowest BCUT2D eigenvalue weighted by Crippen LogP contribution is -2.45. The minimum absolute atomic E-state index is 0.201. The lowest BCUT2D eigenvalue weighted by molar-refractivity contribution is 0.0298. The van der Waals surface area contributed by atoms with Crippen LogP contribution in [0.15, 0.2) is 21.3 Å². The fraction of sp³-hybridized carbons (Fsp3) is 0.571. The number of piperidine rings is 1. The maximum atomic E-state index is 9.88. The van der Waals surface area contributed by atoms with Gasteiger partial charge < -0.3 is 9.63 Å². The topological polar surface area (TPSA) is 62.4 Å². The Labute approximate surface area is 122 Å². The Kier molecular flexibility index (Phi) is 4.14. The predicted octanol–water partition coefficient (Wildman–Crippen LogP) is 2.53. The van der Waals surface area contributed by atoms with Gasteiger partial charge in [-0.05, 0) is 37.8 Å². The van der Waals surface area contributed by atoms with E-state index >= 15 is 0 Å². The molecule has 1 saturated heterocycles. The largest absolute Gasteiger partial charge is 0.392 e. The molecular formula is C14H19N3O2S. The second-order valence-corrected chi connectivity index (χ2v) is 6.08. The van der Waals surface area contributed by atoms with Crippen molar-refractivity contribution >= 4 is 11.3 Å². The van der Waals surface area contributed by atoms with E-state index in [1.807, 2.05) is 23.8 Å². The quantitative estimate of drug-likeness (QED) is 0.938. The standard InChI is InChI=1S/C14H19N3O2S/c1-10(18)12-4-2-3-6-17(12)8-13-15-14(19-16-13)11-5-7-20-9-11/h5,7,9-10,12,18H,2-4,6,8H2,1H3. The van der Waals surface area contributed by atoms with Gasteiger partial charge in [-0.3, -0.25) is 4.90 Å². The third kappa shape index (κ3) is 2.92. The Morgan fingerprint density at radius 1 is 1.55 bits per heavy atom. The molecule has 0 bridgehead atoms. The number of aliphatic hydroxyl groups is 1. The van der Waals surface area contributed by atoms with Gasteiger partial charge in [-0.2, -0.15) is 16.3 Å². The summed E-state index contributed by atoms with van der Waals surface area (Å²) in [4.78, 5) is 6.71. The predicted molar refractivity (Wildman–Crippen MR) is 77.3 cm³/mol. The van der Waals surface area contributed by atoms with Crippen molar-refractivity contribution in [2.75, 3.05) is 6.54 Å². The van der Waals surface area contributed by atoms with Crippen molar-refractivity contribution in [3.05, 3.63) is 22.7 Å². The summed E-state index contributed by atoms with van der Waals surface area (Å²) in [5.41, 5.74) is 0.972. The molecule has 6 heteroatoms. The average Bonchev–Trinajstić information content (AvgIpc) is 3.09. The maximum absolute atomic E-state index is 9.88. The van der Waals surface area contributed by atoms with Crippen molar-refractivity contribution in [3.63, 3.8) is 0 Å². The molecule has 2 aromatic rings. The van der Waals surface area contributed by atoms with Gasteiger partial charge in [-0.15, -0.1) is 0 Å². The molecule has 2 unspecified atom stereocenters. The van der Waals surface area contributed by atoms with Crippen LogP contribution in [0.25, 0.3) is 11.5 Å². The normalized spacial score (nSPS) is 22.0. The first-order valence-corrected chi connectivity index (χ1v) is 7.95. The lowest BCUT2D eigenvalue weighted by atomic mass is 9.98. The Bertz CT molecular complexity index is 538. The van der Waals surface area contributed by atoms with Gasteiger partial charge in [0.15, 0.2) is 5.82 Å². The van der Waals surface area contributed by atoms with Crippen LogP contribution in [0.5, 0.6) is 0 Å². The minimum Gasteiger partial charge on any atom is -0.392 e. The fourth-order valence-electron chi connectivity index (χ4n) is 2.76. The smallest absolute Gasteiger partial charge is 0.258 e. The molecule has 0 amide bonds. The van der Waals surface area contributed by atoms with Crippen LogP contribution in [0.2, 0.25) is 0 Å². The van der Waals surface area contributed by atoms with Crippen LogP contribution in [0.3, 0.4) is 0 Å². The van der Waals surface area contributed by atoms with E-state index in [1.54, 1.807) is 11.3 Å². The second-order valence-electron chi connectivity index (χ2n) is 5.30. The molecule has 108 valence electrons. The van der Waals surface area contributed by atoms with Crippen LogP contribution in [0, 0.1) is 0 Å². The summed E-state index contributed by atoms with van der Waals surface area (Å²) < 4.78 is 5.30. The van der Waals surface area contributed by atoms with Gasteiger partial charge in [0, 0.05) is 11.4 Å². The van der Waals surface area contributed by atoms with Crippen LogP contribution >= 0.6 is 11.3 Å². The maximum Gasteiger partial charge on any atom is 0.258 e. The van der Waals surface area contributed by atoms with Crippen LogP contribution in [0.4, 0.5) is 0 Å². The van der Waals surface area contributed by atoms with Crippen molar-refractivity contribution in [2.45, 2.75) is 44.9 Å². The molecule has 0 aliphatic carbocycles. The van der Waals surface area contributed by atoms with E-state index < -0.39 is 0 Å². The number of nitrogens with zero attached hydrogens (tertiary/aromatic N) is 3. The van der Waals surface area contributed by atoms with Crippen LogP contribution in [-0.4, -0.2) is 38.8 Å². The number of aromatic nitrogens is 2. The fourth-order valence-corrected chi connectivity index (χ4v) is 3.39. The zero-order valence-corrected chi connectivity index (χ0v) is 12.3. The first-order valence-electron chi connectivity index (χ1n) is 7.01. The number of likely N-dealkylation sites (tertiary alicyclic amines) is 1. The molecule has 5 nitrogen and oxygen atoms in total. The van der Waals surface area contributed by atoms with E-state index in [2.05, 4.69) is 15.0 Å². The zero-order chi connectivity index (χ0) is 13.9. The average molecular weight is 293 g/mol. The number of thiophene rings is 1. The van der Waals surface area contributed by atoms with Crippen molar-refractivity contribution < 1.29 is 9.63 Å². The highest BCUT2D eigenvalue weighted by Gasteiger charge is 2.27. The van der Waals surface area contributed by atoms with Crippen molar-refractivity contribution in [1.29, 1.82) is 0 Å². The van der Waals surface area contributed by atoms with Gasteiger partial charge in [0.2, 0.25) is 0 Å². The summed E-state index contributed by atoms with van der Waals surface area (Å²) in [6.45, 7) is 3.48. The summed E-state index contributed by atoms with van der Waals surface area (Å²) >= 11 is 1.61. The van der Waals surface area contributed by atoms with E-state index in [-0.39, 0.29) is 12.1 Å². The molecule has 1 aliphatic rings. The summed E-state index contributed by atoms with van der Waals surface area (Å²) in [5.74, 6) is 1.27. The van der Waals surface area contributed by atoms with Crippen LogP contribution in [-0.2, 0) is 6.54 Å². The van der Waals surface area contributed by atoms with Gasteiger partial charge in [0.1, 0.15) is 0 Å². The molecular weight excluding hydrogens is 274 g/mol. The molecule has 20 heavy (non-hydrogen) atoms. The third-order valence-electron chi connectivity index (χ3n) is 3.80. The molecule has 0 spiro atoms. The van der Waals surface area contributed by atoms with Crippen LogP contribution < -0.4 is 0 Å². The highest BCUT2D eigenvalue weighted by Crippen LogP contribution is 2.23. The monoisotopic (exact) mass is 293 g/mol. The van der Waals surface area contributed by atoms with Gasteiger partial charge in [0.25, 0.3) is 5.89 Å². The molecule has 2 aromatic heterocycles. The zero-order valence-electron chi connectivity index (χ0n) is 11.5. The first-order chi connectivity index (χ1) is 9.74. The van der Waals surface area contributed by atoms with Gasteiger partial charge in [-0.25, -0.2) is 0 Å². The Hall–Kier alpha value is -1.24. The van der Waals surface area contributed by atoms with Crippen molar-refractivity contribution in [1.82, 2.24) is 15.0 Å². The number of rotatable bonds is 4. The van der Waals surface area contributed by atoms with E-state index in [4.69, 9.17) is 4.52 Å². The third-order valence-corrected chi connectivity index (χ3v) is 4.49. The first kappa shape index (κ1) is 13.7. The number of aliphatic hydroxyl groups excluding tert-OH is 1. The summed E-state index contributed by atoms with van der Waals surface area (Å²) in [6, 6.07) is 2.17. The molecule has 0 radical (unpaired) electrons. The molecule has 1 fully saturated rings.